The average Bonchev–Trinajstić information content (AvgIpc) is 2.43. The summed E-state index contributed by atoms with van der Waals surface area (Å²) in [6.07, 6.45) is 1.53. The van der Waals surface area contributed by atoms with Crippen LogP contribution >= 0.6 is 23.4 Å². The summed E-state index contributed by atoms with van der Waals surface area (Å²) in [6.45, 7) is 2.66. The Morgan fingerprint density at radius 2 is 2.10 bits per heavy atom. The second kappa shape index (κ2) is 6.53. The van der Waals surface area contributed by atoms with E-state index in [1.807, 2.05) is 6.92 Å². The number of nitrogens with zero attached hydrogens (tertiary/aromatic N) is 3. The minimum Gasteiger partial charge on any atom is -0.354 e. The molecule has 6 nitrogen and oxygen atoms in total. The first kappa shape index (κ1) is 14.5. The molecule has 0 bridgehead atoms. The first-order valence-corrected chi connectivity index (χ1v) is 6.98. The second-order valence-corrected chi connectivity index (χ2v) is 5.20. The third-order valence-electron chi connectivity index (χ3n) is 2.31. The summed E-state index contributed by atoms with van der Waals surface area (Å²) in [5, 5.41) is 14.6. The molecule has 1 N–H and O–H groups in total. The van der Waals surface area contributed by atoms with Crippen LogP contribution in [-0.2, 0) is 0 Å². The van der Waals surface area contributed by atoms with E-state index < -0.39 is 4.92 Å². The molecule has 0 radical (unpaired) electrons. The van der Waals surface area contributed by atoms with Crippen LogP contribution in [0, 0.1) is 10.1 Å². The van der Waals surface area contributed by atoms with Crippen molar-refractivity contribution in [2.45, 2.75) is 16.8 Å². The highest BCUT2D eigenvalue weighted by molar-refractivity contribution is 7.99. The monoisotopic (exact) mass is 310 g/mol. The summed E-state index contributed by atoms with van der Waals surface area (Å²) in [5.74, 6) is 0.501. The summed E-state index contributed by atoms with van der Waals surface area (Å²) >= 11 is 7.38. The van der Waals surface area contributed by atoms with Gasteiger partial charge in [0.1, 0.15) is 5.03 Å². The average molecular weight is 311 g/mol. The lowest BCUT2D eigenvalue weighted by Crippen LogP contribution is -2.02. The van der Waals surface area contributed by atoms with Crippen molar-refractivity contribution in [3.05, 3.63) is 45.6 Å². The first-order chi connectivity index (χ1) is 9.60. The molecular weight excluding hydrogens is 300 g/mol. The van der Waals surface area contributed by atoms with Crippen molar-refractivity contribution in [3.63, 3.8) is 0 Å². The predicted octanol–water partition coefficient (Wildman–Crippen LogP) is 3.62. The molecule has 0 aliphatic carbocycles. The van der Waals surface area contributed by atoms with E-state index in [2.05, 4.69) is 15.3 Å². The van der Waals surface area contributed by atoms with Crippen molar-refractivity contribution in [1.82, 2.24) is 9.97 Å². The maximum absolute atomic E-state index is 10.6. The summed E-state index contributed by atoms with van der Waals surface area (Å²) in [5.41, 5.74) is 0.0523. The Balaban J connectivity index is 2.20. The smallest absolute Gasteiger partial charge is 0.269 e. The number of hydrogen-bond donors (Lipinski definition) is 1. The Morgan fingerprint density at radius 3 is 2.70 bits per heavy atom. The highest BCUT2D eigenvalue weighted by atomic mass is 35.5. The van der Waals surface area contributed by atoms with Crippen molar-refractivity contribution in [3.8, 4) is 0 Å². The lowest BCUT2D eigenvalue weighted by atomic mass is 10.3. The Kier molecular flexibility index (Phi) is 4.75. The van der Waals surface area contributed by atoms with Gasteiger partial charge in [0.25, 0.3) is 5.69 Å². The summed E-state index contributed by atoms with van der Waals surface area (Å²) < 4.78 is 0. The number of non-ortho nitro benzene ring substituents is 1. The summed E-state index contributed by atoms with van der Waals surface area (Å²) in [7, 11) is 0. The second-order valence-electron chi connectivity index (χ2n) is 3.73. The fourth-order valence-corrected chi connectivity index (χ4v) is 2.40. The molecule has 1 heterocycles. The van der Waals surface area contributed by atoms with Crippen LogP contribution in [0.2, 0.25) is 5.02 Å². The van der Waals surface area contributed by atoms with Gasteiger partial charge in [-0.25, -0.2) is 9.97 Å². The Morgan fingerprint density at radius 1 is 1.40 bits per heavy atom. The molecule has 0 atom stereocenters. The van der Waals surface area contributed by atoms with Gasteiger partial charge in [-0.2, -0.15) is 0 Å². The highest BCUT2D eigenvalue weighted by Gasteiger charge is 2.09. The van der Waals surface area contributed by atoms with E-state index >= 15 is 0 Å². The van der Waals surface area contributed by atoms with Gasteiger partial charge in [0, 0.05) is 23.6 Å². The van der Waals surface area contributed by atoms with E-state index in [-0.39, 0.29) is 5.69 Å². The summed E-state index contributed by atoms with van der Waals surface area (Å²) in [4.78, 5) is 19.3. The van der Waals surface area contributed by atoms with Crippen molar-refractivity contribution in [1.29, 1.82) is 0 Å². The van der Waals surface area contributed by atoms with Gasteiger partial charge in [0.2, 0.25) is 5.95 Å². The predicted molar refractivity (Wildman–Crippen MR) is 78.4 cm³/mol. The molecule has 0 unspecified atom stereocenters. The molecule has 20 heavy (non-hydrogen) atoms. The molecule has 1 aromatic carbocycles. The van der Waals surface area contributed by atoms with Crippen LogP contribution in [0.15, 0.2) is 40.4 Å². The van der Waals surface area contributed by atoms with Gasteiger partial charge >= 0.3 is 0 Å². The number of halogens is 1. The molecule has 0 saturated heterocycles. The van der Waals surface area contributed by atoms with Gasteiger partial charge in [-0.05, 0) is 19.1 Å². The maximum atomic E-state index is 10.6. The lowest BCUT2D eigenvalue weighted by molar-refractivity contribution is -0.384. The number of nitro groups is 1. The fourth-order valence-electron chi connectivity index (χ4n) is 1.41. The quantitative estimate of drug-likeness (QED) is 0.516. The van der Waals surface area contributed by atoms with E-state index in [0.717, 1.165) is 4.90 Å². The van der Waals surface area contributed by atoms with Gasteiger partial charge in [-0.3, -0.25) is 10.1 Å². The van der Waals surface area contributed by atoms with Crippen LogP contribution in [-0.4, -0.2) is 21.4 Å². The third-order valence-corrected chi connectivity index (χ3v) is 3.71. The number of hydrogen-bond acceptors (Lipinski definition) is 6. The Hall–Kier alpha value is -1.86. The lowest BCUT2D eigenvalue weighted by Gasteiger charge is -2.06. The molecule has 0 amide bonds. The number of benzene rings is 1. The molecule has 2 rings (SSSR count). The Labute approximate surface area is 124 Å². The van der Waals surface area contributed by atoms with E-state index in [1.165, 1.54) is 30.1 Å². The highest BCUT2D eigenvalue weighted by Crippen LogP contribution is 2.32. The molecule has 0 aliphatic rings. The largest absolute Gasteiger partial charge is 0.354 e. The third kappa shape index (κ3) is 3.58. The first-order valence-electron chi connectivity index (χ1n) is 5.79. The summed E-state index contributed by atoms with van der Waals surface area (Å²) in [6, 6.07) is 6.22. The molecule has 0 saturated carbocycles. The number of rotatable bonds is 5. The van der Waals surface area contributed by atoms with Gasteiger partial charge < -0.3 is 5.32 Å². The zero-order valence-corrected chi connectivity index (χ0v) is 12.1. The molecule has 104 valence electrons. The zero-order valence-electron chi connectivity index (χ0n) is 10.5. The topological polar surface area (TPSA) is 81.0 Å². The number of nitrogens with one attached hydrogen (secondary N) is 1. The molecule has 0 fully saturated rings. The normalized spacial score (nSPS) is 10.3. The molecule has 1 aromatic heterocycles. The number of anilines is 1. The molecule has 0 aliphatic heterocycles. The van der Waals surface area contributed by atoms with E-state index in [9.17, 15) is 10.1 Å². The zero-order chi connectivity index (χ0) is 14.5. The van der Waals surface area contributed by atoms with Crippen LogP contribution in [0.4, 0.5) is 11.6 Å². The van der Waals surface area contributed by atoms with Gasteiger partial charge in [0.05, 0.1) is 16.1 Å². The van der Waals surface area contributed by atoms with E-state index in [0.29, 0.717) is 22.5 Å². The SMILES string of the molecule is CCNc1ncc(Cl)c(Sc2ccc([N+](=O)[O-])cc2)n1. The molecule has 2 aromatic rings. The van der Waals surface area contributed by atoms with Crippen molar-refractivity contribution >= 4 is 35.0 Å². The molecular formula is C12H11ClN4O2S. The van der Waals surface area contributed by atoms with Crippen molar-refractivity contribution in [2.75, 3.05) is 11.9 Å². The molecule has 0 spiro atoms. The minimum atomic E-state index is -0.435. The van der Waals surface area contributed by atoms with Crippen LogP contribution in [0.25, 0.3) is 0 Å². The van der Waals surface area contributed by atoms with E-state index in [1.54, 1.807) is 12.1 Å². The fraction of sp³-hybridized carbons (Fsp3) is 0.167. The Bertz CT molecular complexity index is 621. The van der Waals surface area contributed by atoms with Crippen LogP contribution in [0.3, 0.4) is 0 Å². The maximum Gasteiger partial charge on any atom is 0.269 e. The minimum absolute atomic E-state index is 0.0523. The van der Waals surface area contributed by atoms with Crippen LogP contribution < -0.4 is 5.32 Å². The van der Waals surface area contributed by atoms with Gasteiger partial charge in [-0.15, -0.1) is 0 Å². The number of aromatic nitrogens is 2. The van der Waals surface area contributed by atoms with Gasteiger partial charge in [0.15, 0.2) is 0 Å². The van der Waals surface area contributed by atoms with Crippen molar-refractivity contribution < 1.29 is 4.92 Å². The van der Waals surface area contributed by atoms with Crippen molar-refractivity contribution in [2.24, 2.45) is 0 Å². The van der Waals surface area contributed by atoms with E-state index in [4.69, 9.17) is 11.6 Å². The standard InChI is InChI=1S/C12H11ClN4O2S/c1-2-14-12-15-7-10(13)11(16-12)20-9-5-3-8(4-6-9)17(18)19/h3-7H,2H2,1H3,(H,14,15,16). The van der Waals surface area contributed by atoms with Crippen LogP contribution in [0.1, 0.15) is 6.92 Å². The number of nitro benzene ring substituents is 1. The molecule has 8 heteroatoms. The van der Waals surface area contributed by atoms with Gasteiger partial charge in [-0.1, -0.05) is 23.4 Å². The van der Waals surface area contributed by atoms with Crippen LogP contribution in [0.5, 0.6) is 0 Å².